The van der Waals surface area contributed by atoms with Gasteiger partial charge in [0.25, 0.3) is 0 Å². The molecule has 1 atom stereocenters. The Bertz CT molecular complexity index is 1230. The average molecular weight is 462 g/mol. The topological polar surface area (TPSA) is 42.7 Å². The largest absolute Gasteiger partial charge is 0.464 e. The first-order valence-corrected chi connectivity index (χ1v) is 11.2. The van der Waals surface area contributed by atoms with Gasteiger partial charge in [-0.3, -0.25) is 4.90 Å². The number of carbonyl (C=O) groups is 1. The van der Waals surface area contributed by atoms with E-state index in [9.17, 15) is 4.79 Å². The van der Waals surface area contributed by atoms with Crippen LogP contribution in [0, 0.1) is 6.92 Å². The van der Waals surface area contributed by atoms with Crippen LogP contribution in [0.4, 0.5) is 0 Å². The first-order chi connectivity index (χ1) is 15.7. The zero-order valence-electron chi connectivity index (χ0n) is 18.7. The second-order valence-electron chi connectivity index (χ2n) is 8.53. The zero-order chi connectivity index (χ0) is 21.9. The minimum atomic E-state index is -0.326. The Hall–Kier alpha value is -3.08. The number of rotatable bonds is 5. The van der Waals surface area contributed by atoms with Crippen molar-refractivity contribution >= 4 is 29.1 Å². The van der Waals surface area contributed by atoms with Crippen LogP contribution in [0.2, 0.25) is 0 Å². The summed E-state index contributed by atoms with van der Waals surface area (Å²) in [6, 6.07) is 25.5. The normalized spacial score (nSPS) is 16.3. The highest BCUT2D eigenvalue weighted by molar-refractivity contribution is 5.91. The van der Waals surface area contributed by atoms with E-state index in [1.165, 1.54) is 16.3 Å². The van der Waals surface area contributed by atoms with Gasteiger partial charge in [0.2, 0.25) is 0 Å². The summed E-state index contributed by atoms with van der Waals surface area (Å²) in [6.45, 7) is 4.87. The van der Waals surface area contributed by atoms with E-state index in [4.69, 9.17) is 9.15 Å². The van der Waals surface area contributed by atoms with Crippen LogP contribution in [0.5, 0.6) is 5.75 Å². The molecule has 1 fully saturated rings. The molecule has 0 bridgehead atoms. The molecular weight excluding hydrogens is 434 g/mol. The first-order valence-electron chi connectivity index (χ1n) is 11.2. The van der Waals surface area contributed by atoms with Crippen LogP contribution in [0.25, 0.3) is 10.8 Å². The fraction of sp³-hybridized carbons (Fsp3) is 0.250. The van der Waals surface area contributed by atoms with Gasteiger partial charge in [-0.1, -0.05) is 54.6 Å². The van der Waals surface area contributed by atoms with Crippen molar-refractivity contribution in [3.63, 3.8) is 0 Å². The van der Waals surface area contributed by atoms with E-state index >= 15 is 0 Å². The Balaban J connectivity index is 0.00000259. The monoisotopic (exact) mass is 461 g/mol. The van der Waals surface area contributed by atoms with E-state index in [-0.39, 0.29) is 18.4 Å². The Morgan fingerprint density at radius 2 is 1.76 bits per heavy atom. The van der Waals surface area contributed by atoms with E-state index in [1.54, 1.807) is 12.1 Å². The second-order valence-corrected chi connectivity index (χ2v) is 8.53. The Morgan fingerprint density at radius 1 is 1.00 bits per heavy atom. The number of furan rings is 1. The number of aryl methyl sites for hydroxylation is 1. The van der Waals surface area contributed by atoms with E-state index in [1.807, 2.05) is 43.3 Å². The minimum absolute atomic E-state index is 0. The Kier molecular flexibility index (Phi) is 7.17. The molecule has 5 heteroatoms. The van der Waals surface area contributed by atoms with Crippen LogP contribution in [-0.4, -0.2) is 24.0 Å². The molecule has 1 aliphatic heterocycles. The molecule has 0 N–H and O–H groups in total. The fourth-order valence-corrected chi connectivity index (χ4v) is 4.69. The van der Waals surface area contributed by atoms with Gasteiger partial charge in [0.15, 0.2) is 0 Å². The number of esters is 1. The van der Waals surface area contributed by atoms with E-state index in [0.29, 0.717) is 17.2 Å². The molecule has 170 valence electrons. The predicted molar refractivity (Wildman–Crippen MR) is 133 cm³/mol. The molecule has 2 heterocycles. The molecule has 0 radical (unpaired) electrons. The van der Waals surface area contributed by atoms with Gasteiger partial charge < -0.3 is 9.15 Å². The number of hydrogen-bond donors (Lipinski definition) is 0. The highest BCUT2D eigenvalue weighted by Crippen LogP contribution is 2.32. The number of ether oxygens (including phenoxy) is 1. The van der Waals surface area contributed by atoms with Crippen molar-refractivity contribution in [2.75, 3.05) is 13.1 Å². The molecule has 0 spiro atoms. The van der Waals surface area contributed by atoms with Gasteiger partial charge in [0.1, 0.15) is 17.3 Å². The molecule has 33 heavy (non-hydrogen) atoms. The number of benzene rings is 3. The molecule has 0 amide bonds. The SMILES string of the molecule is Cc1oc(CN2CCCC(c3cccc(OC(=O)c4ccccc4)c3)C2)c2ccccc12.Cl. The quantitative estimate of drug-likeness (QED) is 0.243. The fourth-order valence-electron chi connectivity index (χ4n) is 4.69. The lowest BCUT2D eigenvalue weighted by molar-refractivity contribution is 0.0734. The molecular formula is C28H28ClNO3. The van der Waals surface area contributed by atoms with Crippen molar-refractivity contribution < 1.29 is 13.9 Å². The van der Waals surface area contributed by atoms with E-state index < -0.39 is 0 Å². The lowest BCUT2D eigenvalue weighted by atomic mass is 9.90. The van der Waals surface area contributed by atoms with Gasteiger partial charge in [-0.25, -0.2) is 4.79 Å². The van der Waals surface area contributed by atoms with Crippen LogP contribution in [0.3, 0.4) is 0 Å². The van der Waals surface area contributed by atoms with Crippen molar-refractivity contribution in [2.45, 2.75) is 32.2 Å². The van der Waals surface area contributed by atoms with Crippen LogP contribution < -0.4 is 4.74 Å². The molecule has 1 saturated heterocycles. The maximum atomic E-state index is 12.4. The maximum Gasteiger partial charge on any atom is 0.343 e. The lowest BCUT2D eigenvalue weighted by Gasteiger charge is -2.32. The predicted octanol–water partition coefficient (Wildman–Crippen LogP) is 6.76. The number of nitrogens with zero attached hydrogens (tertiary/aromatic N) is 1. The molecule has 1 unspecified atom stereocenters. The van der Waals surface area contributed by atoms with Crippen molar-refractivity contribution in [1.29, 1.82) is 0 Å². The van der Waals surface area contributed by atoms with Gasteiger partial charge in [-0.2, -0.15) is 0 Å². The zero-order valence-corrected chi connectivity index (χ0v) is 19.5. The maximum absolute atomic E-state index is 12.4. The summed E-state index contributed by atoms with van der Waals surface area (Å²) in [6.07, 6.45) is 2.26. The van der Waals surface area contributed by atoms with Crippen LogP contribution in [0.15, 0.2) is 83.3 Å². The van der Waals surface area contributed by atoms with Gasteiger partial charge in [-0.15, -0.1) is 12.4 Å². The summed E-state index contributed by atoms with van der Waals surface area (Å²) in [5, 5.41) is 2.41. The van der Waals surface area contributed by atoms with Gasteiger partial charge in [-0.05, 0) is 62.1 Å². The third kappa shape index (κ3) is 5.13. The standard InChI is InChI=1S/C28H27NO3.ClH/c1-20-25-14-5-6-15-26(25)27(31-20)19-29-16-8-12-23(18-29)22-11-7-13-24(17-22)32-28(30)21-9-3-2-4-10-21;/h2-7,9-11,13-15,17,23H,8,12,16,18-19H2,1H3;1H. The minimum Gasteiger partial charge on any atom is -0.464 e. The summed E-state index contributed by atoms with van der Waals surface area (Å²) in [5.74, 6) is 2.71. The number of hydrogen-bond acceptors (Lipinski definition) is 4. The van der Waals surface area contributed by atoms with Crippen molar-refractivity contribution in [1.82, 2.24) is 4.90 Å². The molecule has 5 rings (SSSR count). The summed E-state index contributed by atoms with van der Waals surface area (Å²) >= 11 is 0. The molecule has 0 aliphatic carbocycles. The summed E-state index contributed by atoms with van der Waals surface area (Å²) < 4.78 is 11.8. The third-order valence-electron chi connectivity index (χ3n) is 6.31. The van der Waals surface area contributed by atoms with Crippen LogP contribution in [-0.2, 0) is 6.54 Å². The average Bonchev–Trinajstić information content (AvgIpc) is 3.15. The summed E-state index contributed by atoms with van der Waals surface area (Å²) in [5.41, 5.74) is 1.77. The third-order valence-corrected chi connectivity index (χ3v) is 6.31. The smallest absolute Gasteiger partial charge is 0.343 e. The van der Waals surface area contributed by atoms with Gasteiger partial charge in [0, 0.05) is 17.3 Å². The van der Waals surface area contributed by atoms with Crippen LogP contribution >= 0.6 is 12.4 Å². The first kappa shape index (κ1) is 23.1. The van der Waals surface area contributed by atoms with Gasteiger partial charge in [0.05, 0.1) is 12.1 Å². The number of halogens is 1. The molecule has 1 aromatic heterocycles. The molecule has 3 aromatic carbocycles. The number of carbonyl (C=O) groups excluding carboxylic acids is 1. The van der Waals surface area contributed by atoms with Gasteiger partial charge >= 0.3 is 5.97 Å². The Morgan fingerprint density at radius 3 is 2.58 bits per heavy atom. The highest BCUT2D eigenvalue weighted by atomic mass is 35.5. The number of piperidine rings is 1. The van der Waals surface area contributed by atoms with Crippen LogP contribution in [0.1, 0.15) is 46.2 Å². The highest BCUT2D eigenvalue weighted by Gasteiger charge is 2.24. The van der Waals surface area contributed by atoms with Crippen molar-refractivity contribution in [2.24, 2.45) is 0 Å². The van der Waals surface area contributed by atoms with Crippen molar-refractivity contribution in [3.8, 4) is 5.75 Å². The number of fused-ring (bicyclic) bond motifs is 1. The molecule has 1 aliphatic rings. The lowest BCUT2D eigenvalue weighted by Crippen LogP contribution is -2.33. The Labute approximate surface area is 200 Å². The van der Waals surface area contributed by atoms with Crippen molar-refractivity contribution in [3.05, 3.63) is 102 Å². The van der Waals surface area contributed by atoms with E-state index in [2.05, 4.69) is 35.2 Å². The second kappa shape index (κ2) is 10.2. The molecule has 0 saturated carbocycles. The summed E-state index contributed by atoms with van der Waals surface area (Å²) in [4.78, 5) is 14.9. The molecule has 4 nitrogen and oxygen atoms in total. The number of likely N-dealkylation sites (tertiary alicyclic amines) is 1. The van der Waals surface area contributed by atoms with E-state index in [0.717, 1.165) is 44.0 Å². The summed E-state index contributed by atoms with van der Waals surface area (Å²) in [7, 11) is 0. The molecule has 4 aromatic rings.